The Kier molecular flexibility index (Phi) is 4.09. The van der Waals surface area contributed by atoms with Gasteiger partial charge in [0.15, 0.2) is 0 Å². The van der Waals surface area contributed by atoms with Crippen LogP contribution in [0.25, 0.3) is 0 Å². The summed E-state index contributed by atoms with van der Waals surface area (Å²) in [6, 6.07) is 6.50. The van der Waals surface area contributed by atoms with Gasteiger partial charge in [-0.3, -0.25) is 4.79 Å². The van der Waals surface area contributed by atoms with Crippen LogP contribution in [0.4, 0.5) is 10.1 Å². The van der Waals surface area contributed by atoms with Crippen molar-refractivity contribution in [3.63, 3.8) is 0 Å². The summed E-state index contributed by atoms with van der Waals surface area (Å²) in [6.07, 6.45) is 5.11. The Morgan fingerprint density at radius 2 is 1.95 bits per heavy atom. The van der Waals surface area contributed by atoms with E-state index < -0.39 is 0 Å². The van der Waals surface area contributed by atoms with E-state index in [1.807, 2.05) is 22.8 Å². The van der Waals surface area contributed by atoms with Gasteiger partial charge in [0.2, 0.25) is 5.91 Å². The van der Waals surface area contributed by atoms with Crippen LogP contribution in [0.1, 0.15) is 13.0 Å². The molecule has 116 valence electrons. The molecule has 0 saturated carbocycles. The van der Waals surface area contributed by atoms with Crippen molar-refractivity contribution in [3.05, 3.63) is 48.8 Å². The molecule has 1 amide bonds. The second-order valence-corrected chi connectivity index (χ2v) is 5.45. The van der Waals surface area contributed by atoms with Crippen LogP contribution in [0, 0.1) is 5.82 Å². The zero-order chi connectivity index (χ0) is 15.5. The van der Waals surface area contributed by atoms with E-state index in [0.717, 1.165) is 0 Å². The van der Waals surface area contributed by atoms with Crippen molar-refractivity contribution < 1.29 is 9.18 Å². The molecule has 3 rings (SSSR count). The lowest BCUT2D eigenvalue weighted by Gasteiger charge is -2.37. The first-order valence-electron chi connectivity index (χ1n) is 7.42. The number of carbonyl (C=O) groups is 1. The number of benzene rings is 1. The number of amides is 1. The Labute approximate surface area is 129 Å². The lowest BCUT2D eigenvalue weighted by molar-refractivity contribution is -0.134. The molecule has 0 N–H and O–H groups in total. The van der Waals surface area contributed by atoms with Crippen molar-refractivity contribution in [1.82, 2.24) is 14.5 Å². The molecule has 0 bridgehead atoms. The van der Waals surface area contributed by atoms with E-state index in [-0.39, 0.29) is 17.8 Å². The van der Waals surface area contributed by atoms with E-state index in [4.69, 9.17) is 0 Å². The van der Waals surface area contributed by atoms with Gasteiger partial charge in [0, 0.05) is 38.6 Å². The Hall–Kier alpha value is -2.37. The van der Waals surface area contributed by atoms with Gasteiger partial charge >= 0.3 is 0 Å². The molecule has 22 heavy (non-hydrogen) atoms. The molecular formula is C16H19FN4O. The molecule has 0 aliphatic carbocycles. The second kappa shape index (κ2) is 6.17. The lowest BCUT2D eigenvalue weighted by atomic mass is 10.2. The van der Waals surface area contributed by atoms with Crippen molar-refractivity contribution in [2.75, 3.05) is 31.1 Å². The minimum Gasteiger partial charge on any atom is -0.366 e. The molecular weight excluding hydrogens is 283 g/mol. The molecule has 2 aromatic rings. The Balaban J connectivity index is 1.62. The van der Waals surface area contributed by atoms with Crippen molar-refractivity contribution >= 4 is 11.6 Å². The average molecular weight is 302 g/mol. The molecule has 1 aromatic carbocycles. The van der Waals surface area contributed by atoms with Gasteiger partial charge in [-0.1, -0.05) is 12.1 Å². The summed E-state index contributed by atoms with van der Waals surface area (Å²) < 4.78 is 15.6. The quantitative estimate of drug-likeness (QED) is 0.870. The van der Waals surface area contributed by atoms with Crippen molar-refractivity contribution in [1.29, 1.82) is 0 Å². The van der Waals surface area contributed by atoms with Crippen LogP contribution in [-0.4, -0.2) is 46.5 Å². The highest BCUT2D eigenvalue weighted by atomic mass is 19.1. The number of halogens is 1. The van der Waals surface area contributed by atoms with E-state index in [1.165, 1.54) is 6.07 Å². The summed E-state index contributed by atoms with van der Waals surface area (Å²) in [7, 11) is 0. The standard InChI is InChI=1S/C16H19FN4O/c1-13(21-7-6-18-12-21)16(22)20-10-8-19(9-11-20)15-5-3-2-4-14(15)17/h2-7,12-13H,8-11H2,1H3/t13-/m0/s1. The molecule has 1 fully saturated rings. The van der Waals surface area contributed by atoms with E-state index in [2.05, 4.69) is 4.98 Å². The predicted molar refractivity (Wildman–Crippen MR) is 82.1 cm³/mol. The number of hydrogen-bond acceptors (Lipinski definition) is 3. The summed E-state index contributed by atoms with van der Waals surface area (Å²) in [6.45, 7) is 4.36. The van der Waals surface area contributed by atoms with Crippen LogP contribution in [0.3, 0.4) is 0 Å². The van der Waals surface area contributed by atoms with Gasteiger partial charge in [-0.15, -0.1) is 0 Å². The SMILES string of the molecule is C[C@@H](C(=O)N1CCN(c2ccccc2F)CC1)n1ccnc1. The van der Waals surface area contributed by atoms with E-state index in [0.29, 0.717) is 31.9 Å². The van der Waals surface area contributed by atoms with Gasteiger partial charge in [-0.25, -0.2) is 9.37 Å². The summed E-state index contributed by atoms with van der Waals surface area (Å²) in [5, 5.41) is 0. The average Bonchev–Trinajstić information content (AvgIpc) is 3.09. The third kappa shape index (κ3) is 2.81. The molecule has 6 heteroatoms. The van der Waals surface area contributed by atoms with Crippen LogP contribution in [0.2, 0.25) is 0 Å². The van der Waals surface area contributed by atoms with E-state index in [1.54, 1.807) is 35.4 Å². The molecule has 0 unspecified atom stereocenters. The number of carbonyl (C=O) groups excluding carboxylic acids is 1. The monoisotopic (exact) mass is 302 g/mol. The Morgan fingerprint density at radius 1 is 1.23 bits per heavy atom. The number of nitrogens with zero attached hydrogens (tertiary/aromatic N) is 4. The molecule has 2 heterocycles. The largest absolute Gasteiger partial charge is 0.366 e. The molecule has 1 atom stereocenters. The molecule has 0 radical (unpaired) electrons. The van der Waals surface area contributed by atoms with Crippen molar-refractivity contribution in [2.45, 2.75) is 13.0 Å². The number of hydrogen-bond donors (Lipinski definition) is 0. The van der Waals surface area contributed by atoms with E-state index >= 15 is 0 Å². The number of rotatable bonds is 3. The fourth-order valence-electron chi connectivity index (χ4n) is 2.77. The fraction of sp³-hybridized carbons (Fsp3) is 0.375. The number of anilines is 1. The van der Waals surface area contributed by atoms with Gasteiger partial charge in [0.25, 0.3) is 0 Å². The third-order valence-electron chi connectivity index (χ3n) is 4.11. The summed E-state index contributed by atoms with van der Waals surface area (Å²) in [5.74, 6) is -0.139. The van der Waals surface area contributed by atoms with Gasteiger partial charge in [0.05, 0.1) is 12.0 Å². The maximum absolute atomic E-state index is 13.8. The molecule has 1 saturated heterocycles. The summed E-state index contributed by atoms with van der Waals surface area (Å²) in [5.41, 5.74) is 0.609. The number of piperazine rings is 1. The van der Waals surface area contributed by atoms with Gasteiger partial charge in [-0.05, 0) is 19.1 Å². The maximum Gasteiger partial charge on any atom is 0.245 e. The Bertz CT molecular complexity index is 635. The second-order valence-electron chi connectivity index (χ2n) is 5.45. The van der Waals surface area contributed by atoms with Gasteiger partial charge < -0.3 is 14.4 Å². The van der Waals surface area contributed by atoms with Crippen LogP contribution >= 0.6 is 0 Å². The van der Waals surface area contributed by atoms with Crippen LogP contribution in [0.5, 0.6) is 0 Å². The Morgan fingerprint density at radius 3 is 2.59 bits per heavy atom. The third-order valence-corrected chi connectivity index (χ3v) is 4.11. The van der Waals surface area contributed by atoms with Gasteiger partial charge in [-0.2, -0.15) is 0 Å². The van der Waals surface area contributed by atoms with Crippen LogP contribution in [-0.2, 0) is 4.79 Å². The molecule has 1 aromatic heterocycles. The lowest BCUT2D eigenvalue weighted by Crippen LogP contribution is -2.50. The highest BCUT2D eigenvalue weighted by molar-refractivity contribution is 5.80. The van der Waals surface area contributed by atoms with Gasteiger partial charge in [0.1, 0.15) is 11.9 Å². The van der Waals surface area contributed by atoms with E-state index in [9.17, 15) is 9.18 Å². The molecule has 0 spiro atoms. The topological polar surface area (TPSA) is 41.4 Å². The number of aromatic nitrogens is 2. The van der Waals surface area contributed by atoms with Crippen LogP contribution < -0.4 is 4.90 Å². The summed E-state index contributed by atoms with van der Waals surface area (Å²) >= 11 is 0. The normalized spacial score (nSPS) is 16.6. The minimum absolute atomic E-state index is 0.0752. The molecule has 1 aliphatic heterocycles. The summed E-state index contributed by atoms with van der Waals surface area (Å²) in [4.78, 5) is 20.3. The zero-order valence-electron chi connectivity index (χ0n) is 12.5. The first-order valence-corrected chi connectivity index (χ1v) is 7.42. The first-order chi connectivity index (χ1) is 10.7. The molecule has 5 nitrogen and oxygen atoms in total. The number of imidazole rings is 1. The van der Waals surface area contributed by atoms with Crippen molar-refractivity contribution in [3.8, 4) is 0 Å². The maximum atomic E-state index is 13.8. The fourth-order valence-corrected chi connectivity index (χ4v) is 2.77. The van der Waals surface area contributed by atoms with Crippen molar-refractivity contribution in [2.24, 2.45) is 0 Å². The minimum atomic E-state index is -0.262. The zero-order valence-corrected chi connectivity index (χ0v) is 12.5. The highest BCUT2D eigenvalue weighted by Crippen LogP contribution is 2.21. The molecule has 1 aliphatic rings. The predicted octanol–water partition coefficient (Wildman–Crippen LogP) is 1.93. The first kappa shape index (κ1) is 14.6. The number of para-hydroxylation sites is 1. The highest BCUT2D eigenvalue weighted by Gasteiger charge is 2.26. The van der Waals surface area contributed by atoms with Crippen LogP contribution in [0.15, 0.2) is 43.0 Å². The smallest absolute Gasteiger partial charge is 0.245 e.